The zero-order valence-corrected chi connectivity index (χ0v) is 9.89. The lowest BCUT2D eigenvalue weighted by Crippen LogP contribution is -2.17. The van der Waals surface area contributed by atoms with Crippen molar-refractivity contribution in [3.63, 3.8) is 0 Å². The average Bonchev–Trinajstić information content (AvgIpc) is 3.09. The SMILES string of the molecule is OCCSc1cccc(F)c1CNC1CC1. The number of aliphatic hydroxyl groups is 1. The molecule has 1 fully saturated rings. The van der Waals surface area contributed by atoms with Crippen LogP contribution in [0.3, 0.4) is 0 Å². The van der Waals surface area contributed by atoms with Gasteiger partial charge in [-0.05, 0) is 25.0 Å². The van der Waals surface area contributed by atoms with Gasteiger partial charge in [0.25, 0.3) is 0 Å². The van der Waals surface area contributed by atoms with Gasteiger partial charge in [0.15, 0.2) is 0 Å². The summed E-state index contributed by atoms with van der Waals surface area (Å²) in [7, 11) is 0. The highest BCUT2D eigenvalue weighted by Gasteiger charge is 2.21. The van der Waals surface area contributed by atoms with Gasteiger partial charge in [0.1, 0.15) is 5.82 Å². The van der Waals surface area contributed by atoms with Crippen LogP contribution in [0.1, 0.15) is 18.4 Å². The molecule has 0 radical (unpaired) electrons. The number of rotatable bonds is 6. The van der Waals surface area contributed by atoms with E-state index in [4.69, 9.17) is 5.11 Å². The van der Waals surface area contributed by atoms with Crippen LogP contribution in [0.5, 0.6) is 0 Å². The molecular weight excluding hydrogens is 225 g/mol. The van der Waals surface area contributed by atoms with Gasteiger partial charge in [-0.1, -0.05) is 6.07 Å². The smallest absolute Gasteiger partial charge is 0.128 e. The Morgan fingerprint density at radius 3 is 2.94 bits per heavy atom. The van der Waals surface area contributed by atoms with Crippen LogP contribution in [0, 0.1) is 5.82 Å². The van der Waals surface area contributed by atoms with E-state index >= 15 is 0 Å². The second-order valence-electron chi connectivity index (χ2n) is 3.94. The Morgan fingerprint density at radius 1 is 1.44 bits per heavy atom. The Kier molecular flexibility index (Phi) is 4.21. The summed E-state index contributed by atoms with van der Waals surface area (Å²) in [6.07, 6.45) is 2.40. The molecule has 0 bridgehead atoms. The third-order valence-electron chi connectivity index (χ3n) is 2.57. The first-order valence-corrected chi connectivity index (χ1v) is 6.54. The number of benzene rings is 1. The first-order chi connectivity index (χ1) is 7.81. The largest absolute Gasteiger partial charge is 0.396 e. The zero-order valence-electron chi connectivity index (χ0n) is 9.08. The third kappa shape index (κ3) is 3.20. The summed E-state index contributed by atoms with van der Waals surface area (Å²) < 4.78 is 13.6. The maximum absolute atomic E-state index is 13.6. The topological polar surface area (TPSA) is 32.3 Å². The molecule has 2 nitrogen and oxygen atoms in total. The van der Waals surface area contributed by atoms with E-state index in [0.29, 0.717) is 18.3 Å². The van der Waals surface area contributed by atoms with Crippen LogP contribution in [-0.2, 0) is 6.54 Å². The molecule has 2 rings (SSSR count). The van der Waals surface area contributed by atoms with Crippen LogP contribution >= 0.6 is 11.8 Å². The van der Waals surface area contributed by atoms with Gasteiger partial charge in [0.05, 0.1) is 6.61 Å². The molecule has 0 unspecified atom stereocenters. The third-order valence-corrected chi connectivity index (χ3v) is 3.65. The van der Waals surface area contributed by atoms with Crippen molar-refractivity contribution in [3.05, 3.63) is 29.6 Å². The summed E-state index contributed by atoms with van der Waals surface area (Å²) in [4.78, 5) is 0.933. The van der Waals surface area contributed by atoms with Crippen LogP contribution in [0.2, 0.25) is 0 Å². The molecule has 0 aromatic heterocycles. The summed E-state index contributed by atoms with van der Waals surface area (Å²) in [5, 5.41) is 12.1. The summed E-state index contributed by atoms with van der Waals surface area (Å²) in [6.45, 7) is 0.710. The Hall–Kier alpha value is -0.580. The molecule has 1 aromatic rings. The molecule has 0 aliphatic heterocycles. The molecule has 1 saturated carbocycles. The molecule has 16 heavy (non-hydrogen) atoms. The predicted molar refractivity (Wildman–Crippen MR) is 64.1 cm³/mol. The summed E-state index contributed by atoms with van der Waals surface area (Å²) in [5.74, 6) is 0.455. The lowest BCUT2D eigenvalue weighted by atomic mass is 10.2. The molecule has 2 N–H and O–H groups in total. The molecule has 1 aliphatic rings. The van der Waals surface area contributed by atoms with Crippen LogP contribution in [0.4, 0.5) is 4.39 Å². The van der Waals surface area contributed by atoms with Crippen molar-refractivity contribution in [1.82, 2.24) is 5.32 Å². The van der Waals surface area contributed by atoms with E-state index in [1.54, 1.807) is 6.07 Å². The van der Waals surface area contributed by atoms with Gasteiger partial charge in [-0.25, -0.2) is 4.39 Å². The quantitative estimate of drug-likeness (QED) is 0.749. The molecule has 1 aromatic carbocycles. The molecule has 0 spiro atoms. The lowest BCUT2D eigenvalue weighted by Gasteiger charge is -2.10. The summed E-state index contributed by atoms with van der Waals surface area (Å²) in [5.41, 5.74) is 0.729. The lowest BCUT2D eigenvalue weighted by molar-refractivity contribution is 0.322. The first kappa shape index (κ1) is 11.9. The molecular formula is C12H16FNOS. The van der Waals surface area contributed by atoms with E-state index in [2.05, 4.69) is 5.32 Å². The van der Waals surface area contributed by atoms with Crippen LogP contribution in [0.15, 0.2) is 23.1 Å². The highest BCUT2D eigenvalue weighted by Crippen LogP contribution is 2.26. The fourth-order valence-electron chi connectivity index (χ4n) is 1.54. The van der Waals surface area contributed by atoms with Crippen molar-refractivity contribution in [3.8, 4) is 0 Å². The Bertz CT molecular complexity index is 355. The number of thioether (sulfide) groups is 1. The number of hydrogen-bond donors (Lipinski definition) is 2. The van der Waals surface area contributed by atoms with Crippen molar-refractivity contribution < 1.29 is 9.50 Å². The minimum Gasteiger partial charge on any atom is -0.396 e. The van der Waals surface area contributed by atoms with Gasteiger partial charge < -0.3 is 10.4 Å². The number of aliphatic hydroxyl groups excluding tert-OH is 1. The highest BCUT2D eigenvalue weighted by molar-refractivity contribution is 7.99. The van der Waals surface area contributed by atoms with Crippen molar-refractivity contribution in [2.24, 2.45) is 0 Å². The van der Waals surface area contributed by atoms with E-state index in [1.807, 2.05) is 6.07 Å². The average molecular weight is 241 g/mol. The van der Waals surface area contributed by atoms with Crippen LogP contribution < -0.4 is 5.32 Å². The van der Waals surface area contributed by atoms with Crippen molar-refractivity contribution in [2.45, 2.75) is 30.3 Å². The first-order valence-electron chi connectivity index (χ1n) is 5.55. The van der Waals surface area contributed by atoms with Gasteiger partial charge in [-0.15, -0.1) is 11.8 Å². The van der Waals surface area contributed by atoms with Crippen molar-refractivity contribution >= 4 is 11.8 Å². The maximum atomic E-state index is 13.6. The highest BCUT2D eigenvalue weighted by atomic mass is 32.2. The van der Waals surface area contributed by atoms with Gasteiger partial charge >= 0.3 is 0 Å². The monoisotopic (exact) mass is 241 g/mol. The fraction of sp³-hybridized carbons (Fsp3) is 0.500. The predicted octanol–water partition coefficient (Wildman–Crippen LogP) is 2.16. The Balaban J connectivity index is 2.04. The van der Waals surface area contributed by atoms with E-state index in [-0.39, 0.29) is 12.4 Å². The van der Waals surface area contributed by atoms with Crippen molar-refractivity contribution in [2.75, 3.05) is 12.4 Å². The minimum absolute atomic E-state index is 0.122. The Morgan fingerprint density at radius 2 is 2.25 bits per heavy atom. The second kappa shape index (κ2) is 5.66. The number of nitrogens with one attached hydrogen (secondary N) is 1. The van der Waals surface area contributed by atoms with E-state index < -0.39 is 0 Å². The van der Waals surface area contributed by atoms with E-state index in [0.717, 1.165) is 10.5 Å². The Labute approximate surface area is 99.2 Å². The van der Waals surface area contributed by atoms with E-state index in [1.165, 1.54) is 30.7 Å². The number of hydrogen-bond acceptors (Lipinski definition) is 3. The summed E-state index contributed by atoms with van der Waals surface area (Å²) >= 11 is 1.50. The molecule has 1 aliphatic carbocycles. The minimum atomic E-state index is -0.156. The van der Waals surface area contributed by atoms with Gasteiger partial charge in [0, 0.05) is 28.8 Å². The number of halogens is 1. The van der Waals surface area contributed by atoms with E-state index in [9.17, 15) is 4.39 Å². The van der Waals surface area contributed by atoms with Crippen LogP contribution in [-0.4, -0.2) is 23.5 Å². The molecule has 4 heteroatoms. The second-order valence-corrected chi connectivity index (χ2v) is 5.08. The fourth-order valence-corrected chi connectivity index (χ4v) is 2.37. The molecule has 0 saturated heterocycles. The van der Waals surface area contributed by atoms with Gasteiger partial charge in [-0.2, -0.15) is 0 Å². The molecule has 0 amide bonds. The van der Waals surface area contributed by atoms with Gasteiger partial charge in [0.2, 0.25) is 0 Å². The molecule has 0 heterocycles. The zero-order chi connectivity index (χ0) is 11.4. The van der Waals surface area contributed by atoms with Crippen LogP contribution in [0.25, 0.3) is 0 Å². The summed E-state index contributed by atoms with van der Waals surface area (Å²) in [6, 6.07) is 5.70. The van der Waals surface area contributed by atoms with Crippen molar-refractivity contribution in [1.29, 1.82) is 0 Å². The maximum Gasteiger partial charge on any atom is 0.128 e. The van der Waals surface area contributed by atoms with Gasteiger partial charge in [-0.3, -0.25) is 0 Å². The molecule has 0 atom stereocenters. The standard InChI is InChI=1S/C12H16FNOS/c13-11-2-1-3-12(16-7-6-15)10(11)8-14-9-4-5-9/h1-3,9,14-15H,4-8H2. The molecule has 88 valence electrons. The normalized spacial score (nSPS) is 15.4.